The maximum absolute atomic E-state index is 12.7. The van der Waals surface area contributed by atoms with Crippen LogP contribution in [0.2, 0.25) is 0 Å². The van der Waals surface area contributed by atoms with Crippen molar-refractivity contribution in [1.29, 1.82) is 0 Å². The van der Waals surface area contributed by atoms with Gasteiger partial charge in [0.25, 0.3) is 5.91 Å². The Balaban J connectivity index is 1.47. The number of carbonyl (C=O) groups is 4. The summed E-state index contributed by atoms with van der Waals surface area (Å²) in [4.78, 5) is 49.2. The van der Waals surface area contributed by atoms with E-state index in [2.05, 4.69) is 21.2 Å². The van der Waals surface area contributed by atoms with Gasteiger partial charge in [-0.2, -0.15) is 0 Å². The standard InChI is InChI=1S/C21H12BrNO6/c22-17-8-7-16(29-17)21(27)28-10-18(24)23-11-5-6-14-15(9-11)20(26)13-4-2-1-3-12(13)19(14)25/h1-9H,10H2,(H,23,24). The fourth-order valence-electron chi connectivity index (χ4n) is 3.00. The summed E-state index contributed by atoms with van der Waals surface area (Å²) in [5, 5.41) is 2.54. The van der Waals surface area contributed by atoms with E-state index in [1.54, 1.807) is 24.3 Å². The molecule has 4 rings (SSSR count). The van der Waals surface area contributed by atoms with Gasteiger partial charge in [0.15, 0.2) is 22.8 Å². The number of anilines is 1. The van der Waals surface area contributed by atoms with Crippen LogP contribution in [0.1, 0.15) is 42.4 Å². The smallest absolute Gasteiger partial charge is 0.374 e. The highest BCUT2D eigenvalue weighted by atomic mass is 79.9. The molecule has 144 valence electrons. The van der Waals surface area contributed by atoms with Gasteiger partial charge in [-0.25, -0.2) is 4.79 Å². The fourth-order valence-corrected chi connectivity index (χ4v) is 3.31. The molecule has 0 spiro atoms. The van der Waals surface area contributed by atoms with E-state index in [1.807, 2.05) is 0 Å². The molecule has 0 radical (unpaired) electrons. The van der Waals surface area contributed by atoms with Crippen molar-refractivity contribution < 1.29 is 28.3 Å². The summed E-state index contributed by atoms with van der Waals surface area (Å²) in [6.07, 6.45) is 0. The lowest BCUT2D eigenvalue weighted by Crippen LogP contribution is -2.23. The van der Waals surface area contributed by atoms with Gasteiger partial charge < -0.3 is 14.5 Å². The number of fused-ring (bicyclic) bond motifs is 2. The lowest BCUT2D eigenvalue weighted by Gasteiger charge is -2.18. The number of amides is 1. The number of hydrogen-bond acceptors (Lipinski definition) is 6. The summed E-state index contributed by atoms with van der Waals surface area (Å²) >= 11 is 3.07. The van der Waals surface area contributed by atoms with Gasteiger partial charge in [-0.05, 0) is 46.3 Å². The number of ether oxygens (including phenoxy) is 1. The molecule has 1 heterocycles. The summed E-state index contributed by atoms with van der Waals surface area (Å²) in [5.41, 5.74) is 1.49. The Labute approximate surface area is 172 Å². The van der Waals surface area contributed by atoms with E-state index in [0.717, 1.165) is 0 Å². The summed E-state index contributed by atoms with van der Waals surface area (Å²) in [5.74, 6) is -1.96. The van der Waals surface area contributed by atoms with Crippen molar-refractivity contribution in [2.24, 2.45) is 0 Å². The molecule has 0 fully saturated rings. The van der Waals surface area contributed by atoms with Crippen molar-refractivity contribution in [3.05, 3.63) is 87.3 Å². The summed E-state index contributed by atoms with van der Waals surface area (Å²) in [6, 6.07) is 14.0. The number of rotatable bonds is 4. The Bertz CT molecular complexity index is 1180. The van der Waals surface area contributed by atoms with E-state index in [1.165, 1.54) is 30.3 Å². The van der Waals surface area contributed by atoms with Gasteiger partial charge in [-0.3, -0.25) is 14.4 Å². The van der Waals surface area contributed by atoms with E-state index < -0.39 is 18.5 Å². The second-order valence-electron chi connectivity index (χ2n) is 6.19. The molecule has 0 aliphatic heterocycles. The molecule has 1 N–H and O–H groups in total. The zero-order chi connectivity index (χ0) is 20.5. The number of hydrogen-bond donors (Lipinski definition) is 1. The second kappa shape index (κ2) is 7.48. The van der Waals surface area contributed by atoms with E-state index >= 15 is 0 Å². The van der Waals surface area contributed by atoms with Crippen LogP contribution < -0.4 is 5.32 Å². The molecule has 1 aliphatic carbocycles. The molecule has 1 amide bonds. The van der Waals surface area contributed by atoms with E-state index in [9.17, 15) is 19.2 Å². The quantitative estimate of drug-likeness (QED) is 0.473. The molecule has 0 bridgehead atoms. The number of halogens is 1. The molecule has 0 atom stereocenters. The first-order valence-electron chi connectivity index (χ1n) is 8.49. The molecule has 0 saturated heterocycles. The van der Waals surface area contributed by atoms with Crippen LogP contribution >= 0.6 is 15.9 Å². The molecule has 1 aromatic heterocycles. The number of furan rings is 1. The summed E-state index contributed by atoms with van der Waals surface area (Å²) in [6.45, 7) is -0.538. The third-order valence-electron chi connectivity index (χ3n) is 4.32. The molecule has 2 aromatic carbocycles. The molecule has 3 aromatic rings. The summed E-state index contributed by atoms with van der Waals surface area (Å²) in [7, 11) is 0. The Morgan fingerprint density at radius 2 is 1.55 bits per heavy atom. The van der Waals surface area contributed by atoms with Gasteiger partial charge in [0.2, 0.25) is 5.76 Å². The number of carbonyl (C=O) groups excluding carboxylic acids is 4. The highest BCUT2D eigenvalue weighted by Crippen LogP contribution is 2.29. The monoisotopic (exact) mass is 453 g/mol. The topological polar surface area (TPSA) is 103 Å². The van der Waals surface area contributed by atoms with Crippen LogP contribution in [0.4, 0.5) is 5.69 Å². The minimum atomic E-state index is -0.784. The van der Waals surface area contributed by atoms with Crippen LogP contribution in [-0.4, -0.2) is 30.0 Å². The lowest BCUT2D eigenvalue weighted by atomic mass is 9.84. The minimum Gasteiger partial charge on any atom is -0.450 e. The summed E-state index contributed by atoms with van der Waals surface area (Å²) < 4.78 is 10.3. The maximum Gasteiger partial charge on any atom is 0.374 e. The predicted octanol–water partition coefficient (Wildman–Crippen LogP) is 3.61. The predicted molar refractivity (Wildman–Crippen MR) is 105 cm³/mol. The van der Waals surface area contributed by atoms with Crippen LogP contribution in [0.25, 0.3) is 0 Å². The first kappa shape index (κ1) is 18.8. The highest BCUT2D eigenvalue weighted by molar-refractivity contribution is 9.10. The molecule has 8 heteroatoms. The Morgan fingerprint density at radius 1 is 0.897 bits per heavy atom. The van der Waals surface area contributed by atoms with Gasteiger partial charge in [-0.15, -0.1) is 0 Å². The molecule has 0 saturated carbocycles. The average Bonchev–Trinajstić information content (AvgIpc) is 3.16. The number of esters is 1. The van der Waals surface area contributed by atoms with Crippen LogP contribution in [0, 0.1) is 0 Å². The molecular weight excluding hydrogens is 442 g/mol. The fraction of sp³-hybridized carbons (Fsp3) is 0.0476. The van der Waals surface area contributed by atoms with Crippen molar-refractivity contribution in [2.75, 3.05) is 11.9 Å². The van der Waals surface area contributed by atoms with Gasteiger partial charge in [0.05, 0.1) is 0 Å². The third kappa shape index (κ3) is 3.62. The maximum atomic E-state index is 12.7. The SMILES string of the molecule is O=C(COC(=O)c1ccc(Br)o1)Nc1ccc2c(c1)C(=O)c1ccccc1C2=O. The Hall–Kier alpha value is -3.52. The van der Waals surface area contributed by atoms with Crippen molar-refractivity contribution in [1.82, 2.24) is 0 Å². The molecule has 29 heavy (non-hydrogen) atoms. The zero-order valence-corrected chi connectivity index (χ0v) is 16.3. The molecular formula is C21H12BrNO6. The number of nitrogens with one attached hydrogen (secondary N) is 1. The second-order valence-corrected chi connectivity index (χ2v) is 6.97. The van der Waals surface area contributed by atoms with Crippen molar-refractivity contribution in [3.8, 4) is 0 Å². The Morgan fingerprint density at radius 3 is 2.21 bits per heavy atom. The molecule has 7 nitrogen and oxygen atoms in total. The van der Waals surface area contributed by atoms with Gasteiger partial charge >= 0.3 is 5.97 Å². The van der Waals surface area contributed by atoms with Crippen molar-refractivity contribution in [2.45, 2.75) is 0 Å². The first-order chi connectivity index (χ1) is 13.9. The van der Waals surface area contributed by atoms with Gasteiger partial charge in [0.1, 0.15) is 0 Å². The third-order valence-corrected chi connectivity index (χ3v) is 4.74. The number of ketones is 2. The first-order valence-corrected chi connectivity index (χ1v) is 9.28. The highest BCUT2D eigenvalue weighted by Gasteiger charge is 2.29. The van der Waals surface area contributed by atoms with Crippen LogP contribution in [0.3, 0.4) is 0 Å². The molecule has 1 aliphatic rings. The largest absolute Gasteiger partial charge is 0.450 e. The zero-order valence-electron chi connectivity index (χ0n) is 14.7. The van der Waals surface area contributed by atoms with E-state index in [0.29, 0.717) is 21.5 Å². The van der Waals surface area contributed by atoms with Crippen LogP contribution in [0.15, 0.2) is 63.7 Å². The molecule has 0 unspecified atom stereocenters. The number of benzene rings is 2. The average molecular weight is 454 g/mol. The van der Waals surface area contributed by atoms with Gasteiger partial charge in [-0.1, -0.05) is 24.3 Å². The van der Waals surface area contributed by atoms with E-state index in [4.69, 9.17) is 9.15 Å². The van der Waals surface area contributed by atoms with Crippen LogP contribution in [-0.2, 0) is 9.53 Å². The van der Waals surface area contributed by atoms with Crippen LogP contribution in [0.5, 0.6) is 0 Å². The minimum absolute atomic E-state index is 0.0405. The van der Waals surface area contributed by atoms with Crippen molar-refractivity contribution >= 4 is 45.1 Å². The van der Waals surface area contributed by atoms with Gasteiger partial charge in [0, 0.05) is 27.9 Å². The van der Waals surface area contributed by atoms with E-state index in [-0.39, 0.29) is 28.5 Å². The van der Waals surface area contributed by atoms with Crippen molar-refractivity contribution in [3.63, 3.8) is 0 Å². The Kier molecular flexibility index (Phi) is 4.85. The lowest BCUT2D eigenvalue weighted by molar-refractivity contribution is -0.119. The normalized spacial score (nSPS) is 12.2.